The molecule has 0 fully saturated rings. The molecule has 0 aromatic heterocycles. The molecule has 2 aromatic rings. The molecule has 0 radical (unpaired) electrons. The van der Waals surface area contributed by atoms with Crippen LogP contribution >= 0.6 is 18.9 Å². The van der Waals surface area contributed by atoms with Crippen molar-refractivity contribution in [1.82, 2.24) is 0 Å². The summed E-state index contributed by atoms with van der Waals surface area (Å²) in [6, 6.07) is 19.3. The van der Waals surface area contributed by atoms with Gasteiger partial charge in [0, 0.05) is 29.4 Å². The number of rotatable bonds is 6. The summed E-state index contributed by atoms with van der Waals surface area (Å²) in [7, 11) is -2.61. The Morgan fingerprint density at radius 2 is 1.43 bits per heavy atom. The van der Waals surface area contributed by atoms with Crippen molar-refractivity contribution in [2.24, 2.45) is 0 Å². The molecule has 0 aliphatic heterocycles. The van der Waals surface area contributed by atoms with Crippen molar-refractivity contribution in [3.05, 3.63) is 60.7 Å². The number of hydrogen-bond acceptors (Lipinski definition) is 3. The molecule has 0 saturated heterocycles. The van der Waals surface area contributed by atoms with E-state index in [1.54, 1.807) is 6.92 Å². The number of carbonyl (C=O) groups excluding carboxylic acids is 1. The first-order chi connectivity index (χ1) is 10.1. The van der Waals surface area contributed by atoms with Crippen LogP contribution in [0.3, 0.4) is 0 Å². The van der Waals surface area contributed by atoms with Gasteiger partial charge in [-0.2, -0.15) is 0 Å². The van der Waals surface area contributed by atoms with E-state index in [-0.39, 0.29) is 5.12 Å². The summed E-state index contributed by atoms with van der Waals surface area (Å²) < 4.78 is 13.6. The average molecular weight is 318 g/mol. The van der Waals surface area contributed by atoms with Crippen molar-refractivity contribution in [2.75, 3.05) is 11.9 Å². The van der Waals surface area contributed by atoms with Crippen LogP contribution in [-0.2, 0) is 9.36 Å². The Morgan fingerprint density at radius 1 is 0.952 bits per heavy atom. The predicted octanol–water partition coefficient (Wildman–Crippen LogP) is 3.67. The maximum Gasteiger partial charge on any atom is 0.185 e. The molecular formula is C17H19O2PS. The molecular weight excluding hydrogens is 299 g/mol. The zero-order chi connectivity index (χ0) is 15.1. The minimum Gasteiger partial charge on any atom is -0.314 e. The second kappa shape index (κ2) is 7.63. The average Bonchev–Trinajstić information content (AvgIpc) is 2.53. The third kappa shape index (κ3) is 4.33. The lowest BCUT2D eigenvalue weighted by Gasteiger charge is -2.19. The summed E-state index contributed by atoms with van der Waals surface area (Å²) in [5.41, 5.74) is 0. The zero-order valence-corrected chi connectivity index (χ0v) is 13.8. The van der Waals surface area contributed by atoms with Crippen LogP contribution < -0.4 is 10.6 Å². The fraction of sp³-hybridized carbons (Fsp3) is 0.235. The second-order valence-electron chi connectivity index (χ2n) is 4.83. The first-order valence-electron chi connectivity index (χ1n) is 6.96. The van der Waals surface area contributed by atoms with Gasteiger partial charge >= 0.3 is 0 Å². The molecule has 0 amide bonds. The van der Waals surface area contributed by atoms with Crippen molar-refractivity contribution in [1.29, 1.82) is 0 Å². The quantitative estimate of drug-likeness (QED) is 0.602. The van der Waals surface area contributed by atoms with Gasteiger partial charge in [-0.15, -0.1) is 0 Å². The zero-order valence-electron chi connectivity index (χ0n) is 12.1. The molecule has 2 nitrogen and oxygen atoms in total. The summed E-state index contributed by atoms with van der Waals surface area (Å²) >= 11 is 1.30. The Morgan fingerprint density at radius 3 is 1.86 bits per heavy atom. The lowest BCUT2D eigenvalue weighted by Crippen LogP contribution is -2.18. The van der Waals surface area contributed by atoms with E-state index in [0.717, 1.165) is 22.8 Å². The van der Waals surface area contributed by atoms with E-state index in [2.05, 4.69) is 0 Å². The predicted molar refractivity (Wildman–Crippen MR) is 92.4 cm³/mol. The Bertz CT molecular complexity index is 582. The third-order valence-electron chi connectivity index (χ3n) is 3.27. The SMILES string of the molecule is CC(=O)SCCCP(=O)(c1ccccc1)c1ccccc1. The molecule has 21 heavy (non-hydrogen) atoms. The van der Waals surface area contributed by atoms with Gasteiger partial charge in [-0.25, -0.2) is 0 Å². The van der Waals surface area contributed by atoms with Gasteiger partial charge in [-0.1, -0.05) is 72.4 Å². The topological polar surface area (TPSA) is 34.1 Å². The van der Waals surface area contributed by atoms with Crippen molar-refractivity contribution < 1.29 is 9.36 Å². The molecule has 2 rings (SSSR count). The Hall–Kier alpha value is -1.31. The molecule has 4 heteroatoms. The molecule has 0 saturated carbocycles. The van der Waals surface area contributed by atoms with Gasteiger partial charge in [0.25, 0.3) is 0 Å². The Labute approximate surface area is 130 Å². The molecule has 0 atom stereocenters. The van der Waals surface area contributed by atoms with Crippen molar-refractivity contribution in [2.45, 2.75) is 13.3 Å². The summed E-state index contributed by atoms with van der Waals surface area (Å²) in [6.45, 7) is 1.57. The lowest BCUT2D eigenvalue weighted by atomic mass is 10.4. The van der Waals surface area contributed by atoms with E-state index in [1.807, 2.05) is 60.7 Å². The van der Waals surface area contributed by atoms with Gasteiger partial charge in [0.05, 0.1) is 0 Å². The normalized spacial score (nSPS) is 11.3. The van der Waals surface area contributed by atoms with E-state index >= 15 is 0 Å². The van der Waals surface area contributed by atoms with E-state index in [1.165, 1.54) is 11.8 Å². The highest BCUT2D eigenvalue weighted by Gasteiger charge is 2.26. The molecule has 110 valence electrons. The van der Waals surface area contributed by atoms with Gasteiger partial charge in [-0.3, -0.25) is 4.79 Å². The third-order valence-corrected chi connectivity index (χ3v) is 7.38. The second-order valence-corrected chi connectivity index (χ2v) is 9.06. The molecule has 0 aliphatic rings. The molecule has 0 N–H and O–H groups in total. The first kappa shape index (κ1) is 16.1. The smallest absolute Gasteiger partial charge is 0.185 e. The number of benzene rings is 2. The monoisotopic (exact) mass is 318 g/mol. The van der Waals surface area contributed by atoms with Gasteiger partial charge in [-0.05, 0) is 6.42 Å². The summed E-state index contributed by atoms with van der Waals surface area (Å²) in [4.78, 5) is 11.0. The number of thioether (sulfide) groups is 1. The van der Waals surface area contributed by atoms with Crippen LogP contribution in [-0.4, -0.2) is 17.0 Å². The number of carbonyl (C=O) groups is 1. The maximum absolute atomic E-state index is 13.6. The first-order valence-corrected chi connectivity index (χ1v) is 9.84. The molecule has 0 spiro atoms. The Balaban J connectivity index is 2.23. The van der Waals surface area contributed by atoms with E-state index < -0.39 is 7.14 Å². The fourth-order valence-electron chi connectivity index (χ4n) is 2.25. The van der Waals surface area contributed by atoms with Crippen molar-refractivity contribution in [3.8, 4) is 0 Å². The van der Waals surface area contributed by atoms with Crippen LogP contribution in [0.2, 0.25) is 0 Å². The molecule has 0 heterocycles. The highest BCUT2D eigenvalue weighted by atomic mass is 32.2. The van der Waals surface area contributed by atoms with Crippen LogP contribution in [0, 0.1) is 0 Å². The van der Waals surface area contributed by atoms with Crippen LogP contribution in [0.15, 0.2) is 60.7 Å². The fourth-order valence-corrected chi connectivity index (χ4v) is 5.76. The molecule has 0 bridgehead atoms. The van der Waals surface area contributed by atoms with Crippen LogP contribution in [0.25, 0.3) is 0 Å². The van der Waals surface area contributed by atoms with E-state index in [0.29, 0.717) is 6.16 Å². The largest absolute Gasteiger partial charge is 0.314 e. The summed E-state index contributed by atoms with van der Waals surface area (Å²) in [5, 5.41) is 1.90. The maximum atomic E-state index is 13.6. The molecule has 0 aliphatic carbocycles. The summed E-state index contributed by atoms with van der Waals surface area (Å²) in [6.07, 6.45) is 1.37. The van der Waals surface area contributed by atoms with Crippen LogP contribution in [0.1, 0.15) is 13.3 Å². The van der Waals surface area contributed by atoms with Crippen molar-refractivity contribution >= 4 is 34.6 Å². The van der Waals surface area contributed by atoms with Crippen LogP contribution in [0.4, 0.5) is 0 Å². The minimum atomic E-state index is -2.61. The summed E-state index contributed by atoms with van der Waals surface area (Å²) in [5.74, 6) is 0.721. The van der Waals surface area contributed by atoms with Crippen molar-refractivity contribution in [3.63, 3.8) is 0 Å². The van der Waals surface area contributed by atoms with Gasteiger partial charge in [0.1, 0.15) is 7.14 Å². The van der Waals surface area contributed by atoms with Gasteiger partial charge < -0.3 is 4.57 Å². The van der Waals surface area contributed by atoms with Crippen LogP contribution in [0.5, 0.6) is 0 Å². The van der Waals surface area contributed by atoms with Gasteiger partial charge in [0.2, 0.25) is 0 Å². The number of hydrogen-bond donors (Lipinski definition) is 0. The molecule has 0 unspecified atom stereocenters. The lowest BCUT2D eigenvalue weighted by molar-refractivity contribution is -0.109. The minimum absolute atomic E-state index is 0.115. The van der Waals surface area contributed by atoms with E-state index in [9.17, 15) is 9.36 Å². The van der Waals surface area contributed by atoms with Gasteiger partial charge in [0.15, 0.2) is 5.12 Å². The standard InChI is InChI=1S/C17H19O2PS/c1-15(18)21-14-8-13-20(19,16-9-4-2-5-10-16)17-11-6-3-7-12-17/h2-7,9-12H,8,13-14H2,1H3. The highest BCUT2D eigenvalue weighted by Crippen LogP contribution is 2.44. The molecule has 2 aromatic carbocycles. The Kier molecular flexibility index (Phi) is 5.84. The highest BCUT2D eigenvalue weighted by molar-refractivity contribution is 8.13. The van der Waals surface area contributed by atoms with E-state index in [4.69, 9.17) is 0 Å².